The molecule has 16 heteroatoms. The van der Waals surface area contributed by atoms with Crippen LogP contribution in [0.3, 0.4) is 0 Å². The number of fused-ring (bicyclic) bond motifs is 1. The highest BCUT2D eigenvalue weighted by atomic mass is 16.5. The van der Waals surface area contributed by atoms with Crippen molar-refractivity contribution in [3.8, 4) is 5.75 Å². The lowest BCUT2D eigenvalue weighted by Gasteiger charge is -2.41. The van der Waals surface area contributed by atoms with Crippen molar-refractivity contribution in [3.63, 3.8) is 0 Å². The van der Waals surface area contributed by atoms with E-state index in [2.05, 4.69) is 15.9 Å². The quantitative estimate of drug-likeness (QED) is 0.132. The average Bonchev–Trinajstić information content (AvgIpc) is 3.21. The van der Waals surface area contributed by atoms with Gasteiger partial charge in [-0.15, -0.1) is 0 Å². The number of Topliss-reactive ketones (excluding diaryl/α,β-unsaturated/α-hetero) is 1. The van der Waals surface area contributed by atoms with Gasteiger partial charge in [-0.25, -0.2) is 19.2 Å². The smallest absolute Gasteiger partial charge is 0.414 e. The van der Waals surface area contributed by atoms with Crippen LogP contribution in [-0.4, -0.2) is 142 Å². The number of aryl methyl sites for hydroxylation is 1. The van der Waals surface area contributed by atoms with Crippen LogP contribution in [0.1, 0.15) is 52.0 Å². The molecule has 0 spiro atoms. The number of amides is 2. The fraction of sp³-hybridized carbons (Fsp3) is 0.375. The minimum Gasteiger partial charge on any atom is -0.494 e. The van der Waals surface area contributed by atoms with Gasteiger partial charge >= 0.3 is 23.9 Å². The Hall–Kier alpha value is -6.13. The van der Waals surface area contributed by atoms with E-state index in [1.807, 2.05) is 82.6 Å². The average molecular weight is 775 g/mol. The molecule has 3 aromatic carbocycles. The monoisotopic (exact) mass is 774 g/mol. The zero-order chi connectivity index (χ0) is 40.6. The van der Waals surface area contributed by atoms with Crippen molar-refractivity contribution >= 4 is 47.2 Å². The lowest BCUT2D eigenvalue weighted by Crippen LogP contribution is -2.50. The number of carbonyl (C=O) groups is 7. The number of rotatable bonds is 10. The third-order valence-corrected chi connectivity index (χ3v) is 9.53. The Morgan fingerprint density at radius 3 is 1.77 bits per heavy atom. The number of piperazine rings is 1. The largest absolute Gasteiger partial charge is 0.494 e. The van der Waals surface area contributed by atoms with E-state index in [4.69, 9.17) is 44.3 Å². The highest BCUT2D eigenvalue weighted by Crippen LogP contribution is 2.32. The number of aliphatic carboxylic acids is 4. The molecule has 2 amide bonds. The van der Waals surface area contributed by atoms with Gasteiger partial charge in [-0.3, -0.25) is 19.3 Å². The minimum absolute atomic E-state index is 0.0324. The van der Waals surface area contributed by atoms with Crippen molar-refractivity contribution < 1.29 is 58.7 Å². The van der Waals surface area contributed by atoms with E-state index < -0.39 is 23.9 Å². The van der Waals surface area contributed by atoms with Crippen LogP contribution in [0.15, 0.2) is 78.9 Å². The predicted molar refractivity (Wildman–Crippen MR) is 202 cm³/mol. The maximum absolute atomic E-state index is 13.2. The van der Waals surface area contributed by atoms with E-state index in [1.54, 1.807) is 0 Å². The Labute approximate surface area is 323 Å². The summed E-state index contributed by atoms with van der Waals surface area (Å²) in [7, 11) is 0. The molecule has 0 saturated carbocycles. The molecule has 0 bridgehead atoms. The van der Waals surface area contributed by atoms with Gasteiger partial charge in [0, 0.05) is 75.1 Å². The fourth-order valence-electron chi connectivity index (χ4n) is 6.63. The molecule has 56 heavy (non-hydrogen) atoms. The van der Waals surface area contributed by atoms with Gasteiger partial charge in [-0.05, 0) is 61.6 Å². The molecule has 3 heterocycles. The molecule has 4 N–H and O–H groups in total. The molecular weight excluding hydrogens is 728 g/mol. The van der Waals surface area contributed by atoms with Crippen LogP contribution in [0, 0.1) is 0 Å². The molecule has 0 aliphatic carbocycles. The van der Waals surface area contributed by atoms with Gasteiger partial charge < -0.3 is 39.9 Å². The van der Waals surface area contributed by atoms with Crippen molar-refractivity contribution in [2.45, 2.75) is 38.1 Å². The Bertz CT molecular complexity index is 1790. The summed E-state index contributed by atoms with van der Waals surface area (Å²) < 4.78 is 5.98. The van der Waals surface area contributed by atoms with Crippen molar-refractivity contribution in [3.05, 3.63) is 95.6 Å². The minimum atomic E-state index is -1.82. The number of ketones is 1. The summed E-state index contributed by atoms with van der Waals surface area (Å²) in [5.41, 5.74) is 3.72. The first-order chi connectivity index (χ1) is 26.8. The first-order valence-corrected chi connectivity index (χ1v) is 18.2. The predicted octanol–water partition coefficient (Wildman–Crippen LogP) is 2.85. The van der Waals surface area contributed by atoms with Crippen LogP contribution in [0.4, 0.5) is 5.69 Å². The van der Waals surface area contributed by atoms with Gasteiger partial charge in [-0.2, -0.15) is 0 Å². The number of carbonyl (C=O) groups excluding carboxylic acids is 3. The van der Waals surface area contributed by atoms with E-state index in [1.165, 1.54) is 5.56 Å². The number of carboxylic acids is 4. The lowest BCUT2D eigenvalue weighted by atomic mass is 9.95. The van der Waals surface area contributed by atoms with Gasteiger partial charge in [0.2, 0.25) is 5.91 Å². The van der Waals surface area contributed by atoms with E-state index in [0.717, 1.165) is 75.4 Å². The molecule has 2 saturated heterocycles. The molecule has 3 aromatic rings. The topological polar surface area (TPSA) is 223 Å². The Morgan fingerprint density at radius 1 is 0.625 bits per heavy atom. The van der Waals surface area contributed by atoms with Crippen LogP contribution in [0.25, 0.3) is 0 Å². The van der Waals surface area contributed by atoms with Crippen LogP contribution in [-0.2, 0) is 30.4 Å². The number of nitrogens with zero attached hydrogens (tertiary/aromatic N) is 4. The Balaban J connectivity index is 0.000000505. The summed E-state index contributed by atoms with van der Waals surface area (Å²) in [4.78, 5) is 83.5. The summed E-state index contributed by atoms with van der Waals surface area (Å²) >= 11 is 0. The van der Waals surface area contributed by atoms with Gasteiger partial charge in [-0.1, -0.05) is 48.5 Å². The molecule has 0 aromatic heterocycles. The summed E-state index contributed by atoms with van der Waals surface area (Å²) in [5.74, 6) is -6.12. The van der Waals surface area contributed by atoms with Gasteiger partial charge in [0.05, 0.1) is 13.2 Å². The van der Waals surface area contributed by atoms with Crippen LogP contribution in [0.5, 0.6) is 5.75 Å². The lowest BCUT2D eigenvalue weighted by molar-refractivity contribution is -0.159. The molecule has 3 aliphatic rings. The molecule has 298 valence electrons. The highest BCUT2D eigenvalue weighted by molar-refractivity contribution is 6.27. The van der Waals surface area contributed by atoms with E-state index >= 15 is 0 Å². The zero-order valence-electron chi connectivity index (χ0n) is 30.8. The molecule has 0 unspecified atom stereocenters. The number of carboxylic acid groups (broad SMARTS) is 4. The fourth-order valence-corrected chi connectivity index (χ4v) is 6.63. The summed E-state index contributed by atoms with van der Waals surface area (Å²) in [6.45, 7) is 7.06. The molecule has 16 nitrogen and oxygen atoms in total. The van der Waals surface area contributed by atoms with Gasteiger partial charge in [0.25, 0.3) is 5.91 Å². The van der Waals surface area contributed by atoms with Crippen molar-refractivity contribution in [1.29, 1.82) is 0 Å². The van der Waals surface area contributed by atoms with Gasteiger partial charge in [0.1, 0.15) is 5.75 Å². The van der Waals surface area contributed by atoms with Crippen molar-refractivity contribution in [2.75, 3.05) is 63.9 Å². The van der Waals surface area contributed by atoms with Crippen LogP contribution in [0.2, 0.25) is 0 Å². The second-order valence-corrected chi connectivity index (χ2v) is 13.3. The summed E-state index contributed by atoms with van der Waals surface area (Å²) in [6.07, 6.45) is 3.85. The van der Waals surface area contributed by atoms with Crippen molar-refractivity contribution in [2.24, 2.45) is 0 Å². The number of para-hydroxylation sites is 1. The van der Waals surface area contributed by atoms with E-state index in [9.17, 15) is 14.4 Å². The highest BCUT2D eigenvalue weighted by Gasteiger charge is 2.33. The number of hydrogen-bond donors (Lipinski definition) is 4. The molecule has 3 aliphatic heterocycles. The van der Waals surface area contributed by atoms with Crippen LogP contribution >= 0.6 is 0 Å². The molecular formula is C40H46N4O12. The SMILES string of the molecule is O=C(CN1CCN(CCCOc2ccc(C(=O)N3CCC(N4C(=O)CCc5ccccc54)CC3)cc2)CC1)c1ccccc1.O=C(O)C(=O)O.O=C(O)C(=O)O. The number of hydrogen-bond acceptors (Lipinski definition) is 10. The number of ether oxygens (including phenoxy) is 1. The van der Waals surface area contributed by atoms with E-state index in [-0.39, 0.29) is 23.6 Å². The normalized spacial score (nSPS) is 15.9. The summed E-state index contributed by atoms with van der Waals surface area (Å²) in [6, 6.07) is 25.3. The number of anilines is 1. The molecule has 0 atom stereocenters. The number of likely N-dealkylation sites (tertiary alicyclic amines) is 1. The number of benzene rings is 3. The molecule has 0 radical (unpaired) electrons. The Kier molecular flexibility index (Phi) is 16.0. The Morgan fingerprint density at radius 2 is 1.18 bits per heavy atom. The summed E-state index contributed by atoms with van der Waals surface area (Å²) in [5, 5.41) is 29.6. The second kappa shape index (κ2) is 21.1. The number of piperidine rings is 1. The maximum atomic E-state index is 13.2. The third-order valence-electron chi connectivity index (χ3n) is 9.53. The standard InChI is InChI=1S/C36H42N4O4.2C2H2O4/c41-34(29-8-2-1-3-9-29)27-38-24-22-37(23-25-38)19-6-26-44-32-14-11-30(12-15-32)36(43)39-20-17-31(18-21-39)40-33-10-5-4-7-28(33)13-16-35(40)42;2*3-1(4)2(5)6/h1-5,7-12,14-15,31H,6,13,16-27H2;2*(H,3,4)(H,5,6). The van der Waals surface area contributed by atoms with E-state index in [0.29, 0.717) is 38.2 Å². The van der Waals surface area contributed by atoms with Gasteiger partial charge in [0.15, 0.2) is 5.78 Å². The van der Waals surface area contributed by atoms with Crippen LogP contribution < -0.4 is 9.64 Å². The molecule has 6 rings (SSSR count). The zero-order valence-corrected chi connectivity index (χ0v) is 30.8. The first kappa shape index (κ1) is 42.6. The molecule has 2 fully saturated rings. The maximum Gasteiger partial charge on any atom is 0.414 e. The first-order valence-electron chi connectivity index (χ1n) is 18.2. The van der Waals surface area contributed by atoms with Crippen molar-refractivity contribution in [1.82, 2.24) is 14.7 Å². The second-order valence-electron chi connectivity index (χ2n) is 13.3. The third kappa shape index (κ3) is 12.7.